The lowest BCUT2D eigenvalue weighted by atomic mass is 10.1. The summed E-state index contributed by atoms with van der Waals surface area (Å²) in [6.07, 6.45) is 0.707. The van der Waals surface area contributed by atoms with Crippen molar-refractivity contribution in [1.29, 1.82) is 0 Å². The second kappa shape index (κ2) is 10.9. The topological polar surface area (TPSA) is 53.8 Å². The van der Waals surface area contributed by atoms with E-state index in [2.05, 4.69) is 0 Å². The van der Waals surface area contributed by atoms with Crippen LogP contribution in [0, 0.1) is 5.21 Å². The molecule has 4 rings (SSSR count). The molecule has 5 nitrogen and oxygen atoms in total. The van der Waals surface area contributed by atoms with E-state index in [1.807, 2.05) is 91.0 Å². The van der Waals surface area contributed by atoms with Gasteiger partial charge in [-0.1, -0.05) is 91.0 Å². The quantitative estimate of drug-likeness (QED) is 0.364. The van der Waals surface area contributed by atoms with Crippen molar-refractivity contribution >= 4 is 6.21 Å². The minimum absolute atomic E-state index is 0.263. The minimum Gasteiger partial charge on any atom is -0.624 e. The molecule has 0 saturated heterocycles. The summed E-state index contributed by atoms with van der Waals surface area (Å²) >= 11 is 0. The van der Waals surface area contributed by atoms with E-state index in [1.54, 1.807) is 6.21 Å². The Labute approximate surface area is 183 Å². The van der Waals surface area contributed by atoms with Crippen LogP contribution in [0.3, 0.4) is 0 Å². The molecular formula is C26H27NO4. The van der Waals surface area contributed by atoms with E-state index in [-0.39, 0.29) is 6.61 Å². The molecule has 3 atom stereocenters. The molecule has 0 radical (unpaired) electrons. The Morgan fingerprint density at radius 3 is 1.68 bits per heavy atom. The highest BCUT2D eigenvalue weighted by molar-refractivity contribution is 5.61. The fourth-order valence-electron chi connectivity index (χ4n) is 3.62. The van der Waals surface area contributed by atoms with Crippen molar-refractivity contribution in [2.45, 2.75) is 38.1 Å². The van der Waals surface area contributed by atoms with Gasteiger partial charge in [-0.25, -0.2) is 4.74 Å². The van der Waals surface area contributed by atoms with Crippen LogP contribution in [-0.4, -0.2) is 35.8 Å². The summed E-state index contributed by atoms with van der Waals surface area (Å²) in [5.41, 5.74) is 3.18. The highest BCUT2D eigenvalue weighted by Gasteiger charge is 2.43. The van der Waals surface area contributed by atoms with E-state index < -0.39 is 18.2 Å². The summed E-state index contributed by atoms with van der Waals surface area (Å²) in [6.45, 7) is 1.54. The van der Waals surface area contributed by atoms with E-state index in [9.17, 15) is 5.21 Å². The predicted molar refractivity (Wildman–Crippen MR) is 120 cm³/mol. The summed E-state index contributed by atoms with van der Waals surface area (Å²) in [7, 11) is 0. The maximum Gasteiger partial charge on any atom is 0.215 e. The summed E-state index contributed by atoms with van der Waals surface area (Å²) < 4.78 is 19.1. The molecule has 31 heavy (non-hydrogen) atoms. The summed E-state index contributed by atoms with van der Waals surface area (Å²) in [5, 5.41) is 12.7. The van der Waals surface area contributed by atoms with Crippen LogP contribution in [0.4, 0.5) is 0 Å². The standard InChI is InChI=1S/C26H27NO4/c28-27-16-25(30-18-22-12-6-2-7-13-22)26(31-19-23-14-8-3-9-15-23)24(27)20-29-17-21-10-4-1-5-11-21/h1-16,24-26H,17-20H2/t24-,25-,26-/m1/s1. The van der Waals surface area contributed by atoms with Gasteiger partial charge in [-0.2, -0.15) is 0 Å². The number of ether oxygens (including phenoxy) is 3. The molecule has 1 aliphatic heterocycles. The van der Waals surface area contributed by atoms with Gasteiger partial charge in [-0.3, -0.25) is 0 Å². The lowest BCUT2D eigenvalue weighted by molar-refractivity contribution is -0.504. The molecule has 0 N–H and O–H groups in total. The third-order valence-corrected chi connectivity index (χ3v) is 5.29. The third kappa shape index (κ3) is 6.01. The molecule has 3 aromatic rings. The molecule has 0 aliphatic carbocycles. The van der Waals surface area contributed by atoms with Gasteiger partial charge >= 0.3 is 0 Å². The largest absolute Gasteiger partial charge is 0.624 e. The lowest BCUT2D eigenvalue weighted by Crippen LogP contribution is -2.41. The maximum absolute atomic E-state index is 12.7. The van der Waals surface area contributed by atoms with Gasteiger partial charge in [0.15, 0.2) is 18.4 Å². The van der Waals surface area contributed by atoms with Crippen LogP contribution in [0.5, 0.6) is 0 Å². The van der Waals surface area contributed by atoms with Crippen molar-refractivity contribution in [1.82, 2.24) is 0 Å². The van der Waals surface area contributed by atoms with Crippen LogP contribution in [0.1, 0.15) is 16.7 Å². The SMILES string of the molecule is [O-][N+]1=C[C@@H](OCc2ccccc2)[C@H](OCc2ccccc2)[C@H]1COCc1ccccc1. The summed E-state index contributed by atoms with van der Waals surface area (Å²) in [5.74, 6) is 0. The summed E-state index contributed by atoms with van der Waals surface area (Å²) in [6, 6.07) is 29.3. The van der Waals surface area contributed by atoms with Crippen molar-refractivity contribution in [3.8, 4) is 0 Å². The Morgan fingerprint density at radius 2 is 1.13 bits per heavy atom. The fraction of sp³-hybridized carbons (Fsp3) is 0.269. The fourth-order valence-corrected chi connectivity index (χ4v) is 3.62. The maximum atomic E-state index is 12.7. The van der Waals surface area contributed by atoms with Crippen LogP contribution < -0.4 is 0 Å². The Hall–Kier alpha value is -2.99. The van der Waals surface area contributed by atoms with E-state index in [0.29, 0.717) is 19.8 Å². The van der Waals surface area contributed by atoms with Gasteiger partial charge in [0, 0.05) is 0 Å². The van der Waals surface area contributed by atoms with Gasteiger partial charge in [0.05, 0.1) is 19.8 Å². The zero-order chi connectivity index (χ0) is 21.3. The number of benzene rings is 3. The molecule has 1 heterocycles. The van der Waals surface area contributed by atoms with Gasteiger partial charge in [0.2, 0.25) is 6.04 Å². The van der Waals surface area contributed by atoms with Gasteiger partial charge < -0.3 is 19.4 Å². The first-order chi connectivity index (χ1) is 15.3. The molecule has 1 aliphatic rings. The van der Waals surface area contributed by atoms with E-state index in [4.69, 9.17) is 14.2 Å². The first kappa shape index (κ1) is 21.2. The molecule has 0 spiro atoms. The van der Waals surface area contributed by atoms with Crippen molar-refractivity contribution < 1.29 is 18.9 Å². The minimum atomic E-state index is -0.465. The van der Waals surface area contributed by atoms with Gasteiger partial charge in [-0.05, 0) is 16.7 Å². The van der Waals surface area contributed by atoms with Gasteiger partial charge in [0.1, 0.15) is 6.61 Å². The molecule has 0 fully saturated rings. The van der Waals surface area contributed by atoms with Crippen LogP contribution in [0.25, 0.3) is 0 Å². The second-order valence-corrected chi connectivity index (χ2v) is 7.60. The molecule has 0 saturated carbocycles. The summed E-state index contributed by atoms with van der Waals surface area (Å²) in [4.78, 5) is 0. The molecule has 0 aromatic heterocycles. The zero-order valence-corrected chi connectivity index (χ0v) is 17.4. The molecule has 160 valence electrons. The van der Waals surface area contributed by atoms with E-state index in [0.717, 1.165) is 21.4 Å². The van der Waals surface area contributed by atoms with Crippen LogP contribution in [0.2, 0.25) is 0 Å². The Morgan fingerprint density at radius 1 is 0.645 bits per heavy atom. The van der Waals surface area contributed by atoms with Crippen molar-refractivity contribution in [3.63, 3.8) is 0 Å². The first-order valence-electron chi connectivity index (χ1n) is 10.5. The Bertz CT molecular complexity index is 947. The number of nitrogens with zero attached hydrogens (tertiary/aromatic N) is 1. The average molecular weight is 418 g/mol. The molecule has 0 unspecified atom stereocenters. The normalized spacial score (nSPS) is 20.5. The second-order valence-electron chi connectivity index (χ2n) is 7.60. The molecular weight excluding hydrogens is 390 g/mol. The molecule has 0 amide bonds. The van der Waals surface area contributed by atoms with E-state index >= 15 is 0 Å². The van der Waals surface area contributed by atoms with Crippen LogP contribution in [0.15, 0.2) is 91.0 Å². The highest BCUT2D eigenvalue weighted by atomic mass is 16.6. The predicted octanol–water partition coefficient (Wildman–Crippen LogP) is 4.34. The van der Waals surface area contributed by atoms with E-state index in [1.165, 1.54) is 0 Å². The molecule has 5 heteroatoms. The molecule has 0 bridgehead atoms. The van der Waals surface area contributed by atoms with Crippen LogP contribution in [-0.2, 0) is 34.0 Å². The van der Waals surface area contributed by atoms with Gasteiger partial charge in [0.25, 0.3) is 0 Å². The highest BCUT2D eigenvalue weighted by Crippen LogP contribution is 2.21. The zero-order valence-electron chi connectivity index (χ0n) is 17.4. The van der Waals surface area contributed by atoms with Gasteiger partial charge in [-0.15, -0.1) is 0 Å². The number of hydroxylamine groups is 1. The smallest absolute Gasteiger partial charge is 0.215 e. The number of rotatable bonds is 10. The molecule has 3 aromatic carbocycles. The monoisotopic (exact) mass is 417 g/mol. The van der Waals surface area contributed by atoms with Crippen molar-refractivity contribution in [3.05, 3.63) is 113 Å². The Kier molecular flexibility index (Phi) is 7.45. The van der Waals surface area contributed by atoms with Crippen molar-refractivity contribution in [2.75, 3.05) is 6.61 Å². The van der Waals surface area contributed by atoms with Crippen molar-refractivity contribution in [2.24, 2.45) is 0 Å². The number of hydrogen-bond acceptors (Lipinski definition) is 4. The van der Waals surface area contributed by atoms with Crippen LogP contribution >= 0.6 is 0 Å². The average Bonchev–Trinajstić information content (AvgIpc) is 3.12. The number of hydrogen-bond donors (Lipinski definition) is 0. The lowest BCUT2D eigenvalue weighted by Gasteiger charge is -2.23. The third-order valence-electron chi connectivity index (χ3n) is 5.29. The first-order valence-corrected chi connectivity index (χ1v) is 10.5. The Balaban J connectivity index is 1.40.